The van der Waals surface area contributed by atoms with Gasteiger partial charge >= 0.3 is 5.69 Å². The number of methoxy groups -OCH3 is 1. The van der Waals surface area contributed by atoms with Crippen molar-refractivity contribution in [3.8, 4) is 16.8 Å². The Bertz CT molecular complexity index is 1510. The molecule has 0 aliphatic heterocycles. The Morgan fingerprint density at radius 1 is 1.06 bits per heavy atom. The van der Waals surface area contributed by atoms with Crippen LogP contribution < -0.4 is 5.69 Å². The lowest BCUT2D eigenvalue weighted by molar-refractivity contribution is 0.184. The van der Waals surface area contributed by atoms with Crippen LogP contribution >= 0.6 is 0 Å². The summed E-state index contributed by atoms with van der Waals surface area (Å²) in [6.45, 7) is 2.40. The highest BCUT2D eigenvalue weighted by molar-refractivity contribution is 6.04. The monoisotopic (exact) mass is 414 g/mol. The molecule has 31 heavy (non-hydrogen) atoms. The smallest absolute Gasteiger partial charge is 0.333 e. The maximum absolute atomic E-state index is 13.2. The van der Waals surface area contributed by atoms with Gasteiger partial charge in [0.25, 0.3) is 0 Å². The molecule has 156 valence electrons. The maximum Gasteiger partial charge on any atom is 0.333 e. The van der Waals surface area contributed by atoms with Gasteiger partial charge < -0.3 is 4.74 Å². The van der Waals surface area contributed by atoms with E-state index in [0.29, 0.717) is 6.61 Å². The van der Waals surface area contributed by atoms with Gasteiger partial charge in [-0.2, -0.15) is 5.10 Å². The molecule has 0 bridgehead atoms. The first-order valence-electron chi connectivity index (χ1n) is 9.92. The number of aryl methyl sites for hydroxylation is 3. The molecular weight excluding hydrogens is 392 g/mol. The van der Waals surface area contributed by atoms with Gasteiger partial charge in [-0.25, -0.2) is 4.79 Å². The van der Waals surface area contributed by atoms with E-state index in [1.54, 1.807) is 40.4 Å². The lowest BCUT2D eigenvalue weighted by atomic mass is 10.0. The van der Waals surface area contributed by atoms with Crippen LogP contribution in [0.15, 0.2) is 53.8 Å². The second-order valence-corrected chi connectivity index (χ2v) is 7.69. The van der Waals surface area contributed by atoms with E-state index in [1.807, 2.05) is 38.5 Å². The molecule has 0 unspecified atom stereocenters. The van der Waals surface area contributed by atoms with E-state index in [0.717, 1.165) is 50.0 Å². The van der Waals surface area contributed by atoms with Crippen molar-refractivity contribution in [1.82, 2.24) is 28.9 Å². The highest BCUT2D eigenvalue weighted by Gasteiger charge is 2.19. The molecule has 1 aromatic carbocycles. The molecule has 0 fully saturated rings. The van der Waals surface area contributed by atoms with Crippen molar-refractivity contribution in [2.75, 3.05) is 7.11 Å². The summed E-state index contributed by atoms with van der Waals surface area (Å²) in [5, 5.41) is 5.33. The molecule has 4 heterocycles. The van der Waals surface area contributed by atoms with Crippen molar-refractivity contribution >= 4 is 21.9 Å². The third-order valence-electron chi connectivity index (χ3n) is 5.55. The highest BCUT2D eigenvalue weighted by atomic mass is 16.5. The van der Waals surface area contributed by atoms with Gasteiger partial charge in [-0.1, -0.05) is 6.07 Å². The minimum Gasteiger partial charge on any atom is -0.380 e. The Kier molecular flexibility index (Phi) is 4.44. The van der Waals surface area contributed by atoms with Crippen LogP contribution in [0, 0.1) is 6.92 Å². The summed E-state index contributed by atoms with van der Waals surface area (Å²) in [6.07, 6.45) is 7.25. The van der Waals surface area contributed by atoms with E-state index in [1.165, 1.54) is 0 Å². The Labute approximate surface area is 178 Å². The number of nitrogens with zero attached hydrogens (tertiary/aromatic N) is 6. The number of aromatic nitrogens is 6. The summed E-state index contributed by atoms with van der Waals surface area (Å²) in [5.74, 6) is 0. The van der Waals surface area contributed by atoms with Crippen LogP contribution in [-0.4, -0.2) is 36.0 Å². The number of pyridine rings is 2. The molecule has 8 nitrogen and oxygen atoms in total. The van der Waals surface area contributed by atoms with Gasteiger partial charge in [0, 0.05) is 50.7 Å². The molecule has 0 amide bonds. The number of imidazole rings is 1. The molecule has 0 saturated heterocycles. The van der Waals surface area contributed by atoms with Crippen molar-refractivity contribution in [3.63, 3.8) is 0 Å². The van der Waals surface area contributed by atoms with Gasteiger partial charge in [0.05, 0.1) is 40.7 Å². The van der Waals surface area contributed by atoms with Crippen molar-refractivity contribution < 1.29 is 4.74 Å². The topological polar surface area (TPSA) is 79.8 Å². The second kappa shape index (κ2) is 7.17. The van der Waals surface area contributed by atoms with Crippen LogP contribution in [0.2, 0.25) is 0 Å². The Morgan fingerprint density at radius 2 is 1.90 bits per heavy atom. The average Bonchev–Trinajstić information content (AvgIpc) is 3.23. The fourth-order valence-corrected chi connectivity index (χ4v) is 4.10. The normalized spacial score (nSPS) is 11.6. The number of ether oxygens (including phenoxy) is 1. The molecule has 0 atom stereocenters. The number of hydrogen-bond donors (Lipinski definition) is 0. The van der Waals surface area contributed by atoms with E-state index in [-0.39, 0.29) is 5.69 Å². The van der Waals surface area contributed by atoms with Crippen LogP contribution in [0.3, 0.4) is 0 Å². The molecule has 4 aromatic heterocycles. The summed E-state index contributed by atoms with van der Waals surface area (Å²) in [4.78, 5) is 22.2. The Balaban J connectivity index is 1.83. The lowest BCUT2D eigenvalue weighted by Gasteiger charge is -2.08. The molecule has 0 radical (unpaired) electrons. The molecule has 8 heteroatoms. The second-order valence-electron chi connectivity index (χ2n) is 7.69. The van der Waals surface area contributed by atoms with Gasteiger partial charge in [-0.05, 0) is 36.2 Å². The SMILES string of the molecule is COCc1cncc(-c2ccc3ncc4c(c3c2)n(-c2cn(C)nc2C)c(=O)n4C)c1. The average molecular weight is 414 g/mol. The van der Waals surface area contributed by atoms with Gasteiger partial charge in [-0.3, -0.25) is 23.8 Å². The first kappa shape index (κ1) is 19.2. The summed E-state index contributed by atoms with van der Waals surface area (Å²) in [6, 6.07) is 8.13. The van der Waals surface area contributed by atoms with E-state index < -0.39 is 0 Å². The Morgan fingerprint density at radius 3 is 2.65 bits per heavy atom. The Hall–Kier alpha value is -3.78. The van der Waals surface area contributed by atoms with Crippen LogP contribution in [0.25, 0.3) is 38.8 Å². The minimum atomic E-state index is -0.130. The molecule has 0 aliphatic rings. The summed E-state index contributed by atoms with van der Waals surface area (Å²) < 4.78 is 10.3. The van der Waals surface area contributed by atoms with Gasteiger partial charge in [0.2, 0.25) is 0 Å². The standard InChI is InChI=1S/C23H22N6O2/c1-14-21(12-27(2)26-14)29-22-18-8-16(17-7-15(13-31-4)9-24-10-17)5-6-19(18)25-11-20(22)28(3)23(29)30/h5-12H,13H2,1-4H3. The third-order valence-corrected chi connectivity index (χ3v) is 5.55. The van der Waals surface area contributed by atoms with Crippen LogP contribution in [0.1, 0.15) is 11.3 Å². The molecular formula is C23H22N6O2. The number of fused-ring (bicyclic) bond motifs is 3. The van der Waals surface area contributed by atoms with E-state index in [2.05, 4.69) is 27.2 Å². The quantitative estimate of drug-likeness (QED) is 0.451. The number of rotatable bonds is 4. The van der Waals surface area contributed by atoms with Crippen LogP contribution in [-0.2, 0) is 25.4 Å². The van der Waals surface area contributed by atoms with Crippen molar-refractivity contribution in [1.29, 1.82) is 0 Å². The molecule has 0 spiro atoms. The first-order chi connectivity index (χ1) is 15.0. The maximum atomic E-state index is 13.2. The summed E-state index contributed by atoms with van der Waals surface area (Å²) in [5.41, 5.74) is 6.80. The van der Waals surface area contributed by atoms with Crippen LogP contribution in [0.4, 0.5) is 0 Å². The first-order valence-corrected chi connectivity index (χ1v) is 9.92. The molecule has 5 aromatic rings. The van der Waals surface area contributed by atoms with E-state index >= 15 is 0 Å². The fourth-order valence-electron chi connectivity index (χ4n) is 4.10. The molecule has 0 N–H and O–H groups in total. The zero-order valence-corrected chi connectivity index (χ0v) is 17.8. The third kappa shape index (κ3) is 3.03. The predicted molar refractivity (Wildman–Crippen MR) is 119 cm³/mol. The van der Waals surface area contributed by atoms with Gasteiger partial charge in [0.1, 0.15) is 0 Å². The van der Waals surface area contributed by atoms with Crippen LogP contribution in [0.5, 0.6) is 0 Å². The predicted octanol–water partition coefficient (Wildman–Crippen LogP) is 3.13. The molecule has 0 aliphatic carbocycles. The number of benzene rings is 1. The van der Waals surface area contributed by atoms with Crippen molar-refractivity contribution in [2.45, 2.75) is 13.5 Å². The minimum absolute atomic E-state index is 0.130. The largest absolute Gasteiger partial charge is 0.380 e. The van der Waals surface area contributed by atoms with Crippen molar-refractivity contribution in [3.05, 3.63) is 70.8 Å². The number of hydrogen-bond acceptors (Lipinski definition) is 5. The van der Waals surface area contributed by atoms with E-state index in [9.17, 15) is 4.79 Å². The highest BCUT2D eigenvalue weighted by Crippen LogP contribution is 2.30. The van der Waals surface area contributed by atoms with Crippen molar-refractivity contribution in [2.24, 2.45) is 14.1 Å². The lowest BCUT2D eigenvalue weighted by Crippen LogP contribution is -2.21. The van der Waals surface area contributed by atoms with E-state index in [4.69, 9.17) is 4.74 Å². The molecule has 5 rings (SSSR count). The van der Waals surface area contributed by atoms with Gasteiger partial charge in [-0.15, -0.1) is 0 Å². The zero-order valence-electron chi connectivity index (χ0n) is 17.8. The summed E-state index contributed by atoms with van der Waals surface area (Å²) in [7, 11) is 5.28. The summed E-state index contributed by atoms with van der Waals surface area (Å²) >= 11 is 0. The fraction of sp³-hybridized carbons (Fsp3) is 0.217. The van der Waals surface area contributed by atoms with Gasteiger partial charge in [0.15, 0.2) is 0 Å². The zero-order chi connectivity index (χ0) is 21.7. The molecule has 0 saturated carbocycles.